The summed E-state index contributed by atoms with van der Waals surface area (Å²) in [6.07, 6.45) is 10.3. The normalized spacial score (nSPS) is 53.3. The van der Waals surface area contributed by atoms with E-state index in [2.05, 4.69) is 61.2 Å². The Morgan fingerprint density at radius 2 is 1.73 bits per heavy atom. The number of carbonyl (C=O) groups excluding carboxylic acids is 1. The highest BCUT2D eigenvalue weighted by Gasteiger charge is 2.77. The first-order valence-corrected chi connectivity index (χ1v) is 25.6. The fourth-order valence-electron chi connectivity index (χ4n) is 18.8. The number of imidazole rings is 1. The predicted molar refractivity (Wildman–Crippen MR) is 245 cm³/mol. The van der Waals surface area contributed by atoms with Crippen molar-refractivity contribution in [1.82, 2.24) is 15.3 Å². The van der Waals surface area contributed by atoms with Crippen molar-refractivity contribution >= 4 is 11.9 Å². The van der Waals surface area contributed by atoms with Gasteiger partial charge in [0.05, 0.1) is 42.6 Å². The molecule has 22 atom stereocenters. The van der Waals surface area contributed by atoms with Gasteiger partial charge in [-0.05, 0) is 140 Å². The number of aromatic nitrogens is 2. The van der Waals surface area contributed by atoms with Gasteiger partial charge in [-0.1, -0.05) is 64.8 Å². The predicted octanol–water partition coefficient (Wildman–Crippen LogP) is 3.57. The fourth-order valence-corrected chi connectivity index (χ4v) is 18.8. The van der Waals surface area contributed by atoms with Crippen LogP contribution in [-0.2, 0) is 24.5 Å². The first kappa shape index (κ1) is 47.9. The number of aliphatic hydroxyl groups excluding tert-OH is 6. The largest absolute Gasteiger partial charge is 0.481 e. The summed E-state index contributed by atoms with van der Waals surface area (Å²) in [6.45, 7) is 11.1. The molecule has 15 heteroatoms. The number of hydrogen-bond acceptors (Lipinski definition) is 12. The standard InChI is InChI=1S/C52H78N4O11/c1-46(24-57)19-28-9-6-8-27-20-52(28,45(64)65)32(21-46)31-10-11-35-48(3,50(27,31)5)15-13-34-47(2,25-58)43(67-44-41(63)39(61)33(59)23-66-44)40(62)38(49(34,35)4)29-12-16-51(14-7-17-53,36-22-54-26-55-36)42-30(29)18-37(60)56-42/h10,12,16,22,26-30,32-35,38-44,57-59,61-63H,6-9,11,13-15,17-21,23-25,53H2,1-5H3,(H,54,55)(H,56,60)(H,64,65). The monoisotopic (exact) mass is 935 g/mol. The van der Waals surface area contributed by atoms with Gasteiger partial charge >= 0.3 is 5.97 Å². The topological polar surface area (TPSA) is 261 Å². The highest BCUT2D eigenvalue weighted by Crippen LogP contribution is 2.80. The van der Waals surface area contributed by atoms with E-state index < -0.39 is 86.6 Å². The third-order valence-corrected chi connectivity index (χ3v) is 22.0. The average molecular weight is 935 g/mol. The Hall–Kier alpha value is -2.73. The van der Waals surface area contributed by atoms with Crippen molar-refractivity contribution < 1.29 is 54.8 Å². The van der Waals surface area contributed by atoms with E-state index in [1.165, 1.54) is 5.57 Å². The van der Waals surface area contributed by atoms with Crippen molar-refractivity contribution in [3.8, 4) is 0 Å². The number of H-pyrrole nitrogens is 1. The van der Waals surface area contributed by atoms with Crippen LogP contribution < -0.4 is 11.1 Å². The lowest BCUT2D eigenvalue weighted by Crippen LogP contribution is -2.74. The molecule has 2 bridgehead atoms. The lowest BCUT2D eigenvalue weighted by atomic mass is 9.29. The van der Waals surface area contributed by atoms with Gasteiger partial charge in [0.2, 0.25) is 5.91 Å². The third kappa shape index (κ3) is 6.36. The molecule has 9 aliphatic rings. The molecule has 10 rings (SSSR count). The molecule has 0 radical (unpaired) electrons. The molecule has 67 heavy (non-hydrogen) atoms. The molecule has 7 aliphatic carbocycles. The fraction of sp³-hybridized carbons (Fsp3) is 0.827. The first-order valence-electron chi connectivity index (χ1n) is 25.6. The Kier molecular flexibility index (Phi) is 11.7. The van der Waals surface area contributed by atoms with Gasteiger partial charge < -0.3 is 61.3 Å². The maximum atomic E-state index is 14.0. The number of carbonyl (C=O) groups is 2. The number of nitrogens with one attached hydrogen (secondary N) is 2. The minimum atomic E-state index is -1.62. The van der Waals surface area contributed by atoms with Crippen LogP contribution in [0.5, 0.6) is 0 Å². The maximum absolute atomic E-state index is 14.0. The molecule has 22 unspecified atom stereocenters. The second kappa shape index (κ2) is 16.4. The van der Waals surface area contributed by atoms with Gasteiger partial charge in [-0.15, -0.1) is 0 Å². The first-order chi connectivity index (χ1) is 31.8. The molecule has 3 heterocycles. The summed E-state index contributed by atoms with van der Waals surface area (Å²) < 4.78 is 12.6. The highest BCUT2D eigenvalue weighted by atomic mass is 16.7. The van der Waals surface area contributed by atoms with E-state index in [1.807, 2.05) is 13.1 Å². The summed E-state index contributed by atoms with van der Waals surface area (Å²) in [7, 11) is 0. The molecule has 7 fully saturated rings. The van der Waals surface area contributed by atoms with Crippen LogP contribution >= 0.6 is 0 Å². The van der Waals surface area contributed by atoms with Crippen molar-refractivity contribution in [3.05, 3.63) is 42.0 Å². The summed E-state index contributed by atoms with van der Waals surface area (Å²) in [5, 5.41) is 83.8. The number of nitrogens with two attached hydrogens (primary N) is 1. The SMILES string of the molecule is CC1(CO)CC2CCCC3CC2(C(=O)O)C(C1)C1=CCC2C4(C)C(C5C=CC(CCCN)(c6cnc[nH]6)C6NC(=O)CC56)C(O)C(OC5OCC(O)C(O)C5O)C(C)(CO)C4CCC2(C)C13C. The van der Waals surface area contributed by atoms with Crippen LogP contribution in [-0.4, -0.2) is 127 Å². The third-order valence-electron chi connectivity index (χ3n) is 22.0. The van der Waals surface area contributed by atoms with E-state index in [1.54, 1.807) is 6.33 Å². The van der Waals surface area contributed by atoms with Crippen LogP contribution in [0.4, 0.5) is 0 Å². The zero-order chi connectivity index (χ0) is 47.9. The van der Waals surface area contributed by atoms with Crippen LogP contribution in [0.3, 0.4) is 0 Å². The van der Waals surface area contributed by atoms with Crippen molar-refractivity contribution in [3.63, 3.8) is 0 Å². The summed E-state index contributed by atoms with van der Waals surface area (Å²) in [4.78, 5) is 35.7. The molecule has 0 spiro atoms. The number of aliphatic carboxylic acids is 1. The second-order valence-electron chi connectivity index (χ2n) is 24.6. The Morgan fingerprint density at radius 3 is 2.42 bits per heavy atom. The van der Waals surface area contributed by atoms with Gasteiger partial charge in [-0.25, -0.2) is 4.98 Å². The number of rotatable bonds is 10. The Morgan fingerprint density at radius 1 is 0.970 bits per heavy atom. The van der Waals surface area contributed by atoms with E-state index in [9.17, 15) is 45.3 Å². The van der Waals surface area contributed by atoms with Gasteiger partial charge in [0, 0.05) is 36.4 Å². The van der Waals surface area contributed by atoms with E-state index in [0.717, 1.165) is 31.4 Å². The summed E-state index contributed by atoms with van der Waals surface area (Å²) in [5.74, 6) is -2.45. The molecule has 1 amide bonds. The Balaban J connectivity index is 1.15. The van der Waals surface area contributed by atoms with Crippen molar-refractivity contribution in [2.24, 2.45) is 85.6 Å². The number of aromatic amines is 1. The van der Waals surface area contributed by atoms with Crippen LogP contribution in [0, 0.1) is 79.8 Å². The average Bonchev–Trinajstić information content (AvgIpc) is 3.95. The van der Waals surface area contributed by atoms with Crippen LogP contribution in [0.1, 0.15) is 117 Å². The summed E-state index contributed by atoms with van der Waals surface area (Å²) >= 11 is 0. The molecule has 1 aromatic rings. The maximum Gasteiger partial charge on any atom is 0.310 e. The van der Waals surface area contributed by atoms with E-state index in [4.69, 9.17) is 15.2 Å². The zero-order valence-corrected chi connectivity index (χ0v) is 40.1. The molecule has 1 aromatic heterocycles. The Bertz CT molecular complexity index is 2140. The number of ether oxygens (including phenoxy) is 2. The lowest BCUT2D eigenvalue weighted by Gasteiger charge is -2.75. The lowest BCUT2D eigenvalue weighted by molar-refractivity contribution is -0.343. The number of nitrogens with zero attached hydrogens (tertiary/aromatic N) is 1. The zero-order valence-electron chi connectivity index (χ0n) is 40.1. The number of fused-ring (bicyclic) bond motifs is 9. The van der Waals surface area contributed by atoms with Gasteiger partial charge in [0.15, 0.2) is 6.29 Å². The number of allylic oxidation sites excluding steroid dienone is 3. The summed E-state index contributed by atoms with van der Waals surface area (Å²) in [5.41, 5.74) is 3.73. The van der Waals surface area contributed by atoms with Gasteiger partial charge in [0.25, 0.3) is 0 Å². The Labute approximate surface area is 394 Å². The molecule has 11 N–H and O–H groups in total. The smallest absolute Gasteiger partial charge is 0.310 e. The minimum Gasteiger partial charge on any atom is -0.481 e. The number of carboxylic acids is 1. The molecule has 5 saturated carbocycles. The van der Waals surface area contributed by atoms with Crippen LogP contribution in [0.15, 0.2) is 36.3 Å². The van der Waals surface area contributed by atoms with Crippen LogP contribution in [0.2, 0.25) is 0 Å². The molecular weight excluding hydrogens is 857 g/mol. The molecule has 2 aliphatic heterocycles. The van der Waals surface area contributed by atoms with E-state index >= 15 is 0 Å². The molecule has 372 valence electrons. The van der Waals surface area contributed by atoms with E-state index in [0.29, 0.717) is 51.5 Å². The molecule has 0 aromatic carbocycles. The second-order valence-corrected chi connectivity index (χ2v) is 24.6. The molecule has 15 nitrogen and oxygen atoms in total. The van der Waals surface area contributed by atoms with E-state index in [-0.39, 0.29) is 79.6 Å². The van der Waals surface area contributed by atoms with Crippen molar-refractivity contribution in [2.45, 2.75) is 160 Å². The molecule has 2 saturated heterocycles. The van der Waals surface area contributed by atoms with Crippen LogP contribution in [0.25, 0.3) is 0 Å². The van der Waals surface area contributed by atoms with Gasteiger partial charge in [-0.3, -0.25) is 9.59 Å². The van der Waals surface area contributed by atoms with Crippen molar-refractivity contribution in [2.75, 3.05) is 26.4 Å². The summed E-state index contributed by atoms with van der Waals surface area (Å²) in [6, 6.07) is -0.360. The van der Waals surface area contributed by atoms with Gasteiger partial charge in [0.1, 0.15) is 18.3 Å². The van der Waals surface area contributed by atoms with Crippen molar-refractivity contribution in [1.29, 1.82) is 0 Å². The minimum absolute atomic E-state index is 0.0100. The highest BCUT2D eigenvalue weighted by molar-refractivity contribution is 5.80. The number of aliphatic hydroxyl groups is 6. The van der Waals surface area contributed by atoms with Gasteiger partial charge in [-0.2, -0.15) is 0 Å². The molecular formula is C52H78N4O11. The number of amides is 1. The number of carboxylic acid groups (broad SMARTS) is 1. The number of hydrogen-bond donors (Lipinski definition) is 10. The quantitative estimate of drug-likeness (QED) is 0.119.